The molecule has 37 heavy (non-hydrogen) atoms. The molecule has 190 valence electrons. The summed E-state index contributed by atoms with van der Waals surface area (Å²) in [6.07, 6.45) is 8.29. The molecule has 1 aliphatic rings. The number of nitrogens with one attached hydrogen (secondary N) is 1. The molecule has 1 N–H and O–H groups in total. The van der Waals surface area contributed by atoms with Crippen LogP contribution >= 0.6 is 11.6 Å². The van der Waals surface area contributed by atoms with Crippen LogP contribution in [0.5, 0.6) is 0 Å². The van der Waals surface area contributed by atoms with Crippen molar-refractivity contribution in [2.45, 2.75) is 19.9 Å². The Labute approximate surface area is 220 Å². The van der Waals surface area contributed by atoms with Gasteiger partial charge in [0.15, 0.2) is 0 Å². The van der Waals surface area contributed by atoms with E-state index in [0.717, 1.165) is 40.8 Å². The second kappa shape index (κ2) is 11.0. The second-order valence-electron chi connectivity index (χ2n) is 8.94. The number of carbonyl (C=O) groups excluding carboxylic acids is 2. The van der Waals surface area contributed by atoms with Crippen molar-refractivity contribution in [3.05, 3.63) is 66.7 Å². The fourth-order valence-corrected chi connectivity index (χ4v) is 4.71. The first-order valence-corrected chi connectivity index (χ1v) is 12.8. The van der Waals surface area contributed by atoms with Crippen molar-refractivity contribution in [1.82, 2.24) is 29.3 Å². The number of hydrogen-bond acceptors (Lipinski definition) is 6. The highest BCUT2D eigenvalue weighted by atomic mass is 35.5. The van der Waals surface area contributed by atoms with Crippen molar-refractivity contribution < 1.29 is 9.59 Å². The molecule has 1 fully saturated rings. The van der Waals surface area contributed by atoms with E-state index in [9.17, 15) is 9.59 Å². The van der Waals surface area contributed by atoms with E-state index in [1.807, 2.05) is 30.5 Å². The number of pyridine rings is 1. The average Bonchev–Trinajstić information content (AvgIpc) is 3.30. The normalized spacial score (nSPS) is 13.7. The van der Waals surface area contributed by atoms with E-state index in [2.05, 4.69) is 26.0 Å². The first kappa shape index (κ1) is 24.7. The molecule has 0 bridgehead atoms. The highest BCUT2D eigenvalue weighted by molar-refractivity contribution is 6.17. The molecule has 0 unspecified atom stereocenters. The third-order valence-corrected chi connectivity index (χ3v) is 6.79. The van der Waals surface area contributed by atoms with Crippen LogP contribution in [0.1, 0.15) is 23.7 Å². The molecule has 2 amide bonds. The van der Waals surface area contributed by atoms with Gasteiger partial charge < -0.3 is 19.7 Å². The molecule has 1 aromatic carbocycles. The third kappa shape index (κ3) is 5.41. The molecule has 10 heteroatoms. The Morgan fingerprint density at radius 1 is 1.05 bits per heavy atom. The van der Waals surface area contributed by atoms with E-state index in [4.69, 9.17) is 16.6 Å². The van der Waals surface area contributed by atoms with E-state index in [-0.39, 0.29) is 11.8 Å². The number of aromatic nitrogens is 4. The summed E-state index contributed by atoms with van der Waals surface area (Å²) in [5, 5.41) is 4.30. The summed E-state index contributed by atoms with van der Waals surface area (Å²) >= 11 is 5.92. The predicted octanol–water partition coefficient (Wildman–Crippen LogP) is 4.17. The smallest absolute Gasteiger partial charge is 0.254 e. The van der Waals surface area contributed by atoms with Crippen LogP contribution in [0.3, 0.4) is 0 Å². The standard InChI is InChI=1S/C27H28ClN7O2/c1-19(36)33-12-14-34(15-13-33)26(37)20-4-2-5-21(16-20)31-27-30-10-7-24(32-27)23-18-35(11-3-8-28)25-17-29-9-6-22(23)25/h2,4-7,9-10,16-18H,3,8,11-15H2,1H3,(H,30,31,32). The van der Waals surface area contributed by atoms with Gasteiger partial charge in [0.25, 0.3) is 5.91 Å². The van der Waals surface area contributed by atoms with E-state index in [0.29, 0.717) is 43.6 Å². The Morgan fingerprint density at radius 2 is 1.86 bits per heavy atom. The topological polar surface area (TPSA) is 96.2 Å². The third-order valence-electron chi connectivity index (χ3n) is 6.53. The van der Waals surface area contributed by atoms with Crippen molar-refractivity contribution in [3.63, 3.8) is 0 Å². The molecule has 0 radical (unpaired) electrons. The van der Waals surface area contributed by atoms with Gasteiger partial charge in [-0.2, -0.15) is 0 Å². The molecule has 9 nitrogen and oxygen atoms in total. The molecule has 4 aromatic rings. The van der Waals surface area contributed by atoms with Gasteiger partial charge in [-0.05, 0) is 36.8 Å². The Bertz CT molecular complexity index is 1430. The molecule has 1 aliphatic heterocycles. The molecule has 0 spiro atoms. The zero-order valence-corrected chi connectivity index (χ0v) is 21.4. The number of aryl methyl sites for hydroxylation is 1. The van der Waals surface area contributed by atoms with Gasteiger partial charge in [-0.25, -0.2) is 9.97 Å². The van der Waals surface area contributed by atoms with Crippen LogP contribution in [-0.2, 0) is 11.3 Å². The summed E-state index contributed by atoms with van der Waals surface area (Å²) in [5.74, 6) is 1.01. The molecule has 0 atom stereocenters. The Morgan fingerprint density at radius 3 is 2.65 bits per heavy atom. The summed E-state index contributed by atoms with van der Waals surface area (Å²) in [6.45, 7) is 4.51. The van der Waals surface area contributed by atoms with Crippen LogP contribution in [-0.4, -0.2) is 73.2 Å². The molecule has 0 saturated carbocycles. The van der Waals surface area contributed by atoms with E-state index in [1.54, 1.807) is 41.2 Å². The van der Waals surface area contributed by atoms with Gasteiger partial charge in [0, 0.05) is 86.3 Å². The zero-order chi connectivity index (χ0) is 25.8. The molecule has 0 aliphatic carbocycles. The van der Waals surface area contributed by atoms with Gasteiger partial charge in [0.1, 0.15) is 0 Å². The quantitative estimate of drug-likeness (QED) is 0.370. The van der Waals surface area contributed by atoms with Crippen LogP contribution in [0.15, 0.2) is 61.2 Å². The van der Waals surface area contributed by atoms with E-state index >= 15 is 0 Å². The number of piperazine rings is 1. The monoisotopic (exact) mass is 517 g/mol. The van der Waals surface area contributed by atoms with Crippen molar-refractivity contribution >= 4 is 46.0 Å². The maximum absolute atomic E-state index is 13.1. The highest BCUT2D eigenvalue weighted by Gasteiger charge is 2.23. The first-order valence-electron chi connectivity index (χ1n) is 12.3. The Balaban J connectivity index is 1.35. The molecule has 5 rings (SSSR count). The minimum absolute atomic E-state index is 0.0389. The van der Waals surface area contributed by atoms with Gasteiger partial charge in [-0.1, -0.05) is 6.07 Å². The SMILES string of the molecule is CC(=O)N1CCN(C(=O)c2cccc(Nc3nccc(-c4cn(CCCCl)c5cnccc45)n3)c2)CC1. The molecular weight excluding hydrogens is 490 g/mol. The number of anilines is 2. The lowest BCUT2D eigenvalue weighted by Gasteiger charge is -2.34. The molecule has 3 aromatic heterocycles. The fraction of sp³-hybridized carbons (Fsp3) is 0.296. The maximum atomic E-state index is 13.1. The highest BCUT2D eigenvalue weighted by Crippen LogP contribution is 2.30. The summed E-state index contributed by atoms with van der Waals surface area (Å²) in [4.78, 5) is 41.6. The van der Waals surface area contributed by atoms with E-state index < -0.39 is 0 Å². The number of rotatable bonds is 7. The number of halogens is 1. The van der Waals surface area contributed by atoms with Crippen molar-refractivity contribution in [2.24, 2.45) is 0 Å². The minimum Gasteiger partial charge on any atom is -0.345 e. The largest absolute Gasteiger partial charge is 0.345 e. The lowest BCUT2D eigenvalue weighted by molar-refractivity contribution is -0.130. The Kier molecular flexibility index (Phi) is 7.32. The number of fused-ring (bicyclic) bond motifs is 1. The zero-order valence-electron chi connectivity index (χ0n) is 20.6. The summed E-state index contributed by atoms with van der Waals surface area (Å²) in [7, 11) is 0. The summed E-state index contributed by atoms with van der Waals surface area (Å²) < 4.78 is 2.15. The minimum atomic E-state index is -0.0557. The maximum Gasteiger partial charge on any atom is 0.254 e. The van der Waals surface area contributed by atoms with Crippen molar-refractivity contribution in [1.29, 1.82) is 0 Å². The number of alkyl halides is 1. The van der Waals surface area contributed by atoms with Gasteiger partial charge in [-0.15, -0.1) is 11.6 Å². The van der Waals surface area contributed by atoms with E-state index in [1.165, 1.54) is 0 Å². The second-order valence-corrected chi connectivity index (χ2v) is 9.32. The van der Waals surface area contributed by atoms with Crippen LogP contribution in [0, 0.1) is 0 Å². The van der Waals surface area contributed by atoms with Crippen LogP contribution in [0.2, 0.25) is 0 Å². The van der Waals surface area contributed by atoms with Gasteiger partial charge in [0.05, 0.1) is 17.4 Å². The van der Waals surface area contributed by atoms with Gasteiger partial charge in [0.2, 0.25) is 11.9 Å². The lowest BCUT2D eigenvalue weighted by Crippen LogP contribution is -2.50. The number of nitrogens with zero attached hydrogens (tertiary/aromatic N) is 6. The lowest BCUT2D eigenvalue weighted by atomic mass is 10.1. The van der Waals surface area contributed by atoms with Crippen LogP contribution in [0.25, 0.3) is 22.2 Å². The number of carbonyl (C=O) groups is 2. The molecule has 4 heterocycles. The van der Waals surface area contributed by atoms with Crippen molar-refractivity contribution in [3.8, 4) is 11.3 Å². The molecule has 1 saturated heterocycles. The predicted molar refractivity (Wildman–Crippen MR) is 144 cm³/mol. The molecular formula is C27H28ClN7O2. The summed E-state index contributed by atoms with van der Waals surface area (Å²) in [5.41, 5.74) is 4.11. The van der Waals surface area contributed by atoms with Crippen molar-refractivity contribution in [2.75, 3.05) is 37.4 Å². The Hall–Kier alpha value is -3.98. The number of benzene rings is 1. The van der Waals surface area contributed by atoms with Crippen LogP contribution in [0.4, 0.5) is 11.6 Å². The number of hydrogen-bond donors (Lipinski definition) is 1. The average molecular weight is 518 g/mol. The van der Waals surface area contributed by atoms with Crippen LogP contribution < -0.4 is 5.32 Å². The fourth-order valence-electron chi connectivity index (χ4n) is 4.59. The first-order chi connectivity index (χ1) is 18.0. The summed E-state index contributed by atoms with van der Waals surface area (Å²) in [6, 6.07) is 11.2. The number of amides is 2. The van der Waals surface area contributed by atoms with Gasteiger partial charge in [-0.3, -0.25) is 14.6 Å². The van der Waals surface area contributed by atoms with Gasteiger partial charge >= 0.3 is 0 Å².